The Kier molecular flexibility index (Phi) is 12.5. The first-order valence-electron chi connectivity index (χ1n) is 14.2. The van der Waals surface area contributed by atoms with Crippen molar-refractivity contribution in [2.45, 2.75) is 13.2 Å². The van der Waals surface area contributed by atoms with Crippen LogP contribution in [0.15, 0.2) is 84.9 Å². The molecule has 0 spiro atoms. The highest BCUT2D eigenvalue weighted by atomic mass is 19.2. The number of carbonyl (C=O) groups excluding carboxylic acids is 3. The first kappa shape index (κ1) is 34.9. The van der Waals surface area contributed by atoms with Gasteiger partial charge in [0.2, 0.25) is 40.7 Å². The maximum absolute atomic E-state index is 13.7. The molecule has 0 bridgehead atoms. The van der Waals surface area contributed by atoms with Crippen molar-refractivity contribution in [3.8, 4) is 17.2 Å². The number of hydrogen-bond acceptors (Lipinski definition) is 7. The summed E-state index contributed by atoms with van der Waals surface area (Å²) in [5, 5.41) is 4.66. The number of hydrogen-bond donors (Lipinski definition) is 2. The summed E-state index contributed by atoms with van der Waals surface area (Å²) in [5.41, 5.74) is 2.17. The molecule has 0 heterocycles. The van der Waals surface area contributed by atoms with Crippen LogP contribution in [-0.2, 0) is 27.5 Å². The molecule has 0 aliphatic heterocycles. The van der Waals surface area contributed by atoms with Crippen LogP contribution in [0, 0.1) is 29.1 Å². The minimum absolute atomic E-state index is 0.0287. The fourth-order valence-corrected chi connectivity index (χ4v) is 3.90. The molecule has 48 heavy (non-hydrogen) atoms. The van der Waals surface area contributed by atoms with Crippen LogP contribution in [0.4, 0.5) is 26.7 Å². The smallest absolute Gasteiger partial charge is 0.407 e. The fourth-order valence-electron chi connectivity index (χ4n) is 3.90. The molecule has 0 atom stereocenters. The van der Waals surface area contributed by atoms with E-state index >= 15 is 0 Å². The van der Waals surface area contributed by atoms with Crippen LogP contribution in [0.1, 0.15) is 16.7 Å². The lowest BCUT2D eigenvalue weighted by Gasteiger charge is -2.14. The average molecular weight is 671 g/mol. The Hall–Kier alpha value is -5.92. The molecule has 14 heteroatoms. The number of alkyl carbamates (subject to hydrolysis) is 1. The van der Waals surface area contributed by atoms with Crippen molar-refractivity contribution in [3.63, 3.8) is 0 Å². The summed E-state index contributed by atoms with van der Waals surface area (Å²) in [4.78, 5) is 36.2. The maximum atomic E-state index is 13.7. The van der Waals surface area contributed by atoms with Crippen LogP contribution in [-0.4, -0.2) is 37.7 Å². The standard InChI is InChI=1S/C34H27F5N2O7/c35-28-29(36)31(38)33(32(39)30(28)37)48-27(43)18-41-26(42)14-12-21-11-13-24(46-19-22-7-3-1-4-8-22)25(17-21)45-16-15-40-34(44)47-20-23-9-5-2-6-10-23/h1-14,17H,15-16,18-20H2,(H,40,44)(H,41,42)/b14-12+. The van der Waals surface area contributed by atoms with Gasteiger partial charge < -0.3 is 29.6 Å². The van der Waals surface area contributed by atoms with Crippen molar-refractivity contribution in [1.82, 2.24) is 10.6 Å². The predicted molar refractivity (Wildman–Crippen MR) is 161 cm³/mol. The molecule has 0 radical (unpaired) electrons. The van der Waals surface area contributed by atoms with Crippen molar-refractivity contribution >= 4 is 24.0 Å². The molecule has 250 valence electrons. The SMILES string of the molecule is O=C(/C=C/c1ccc(OCc2ccccc2)c(OCCNC(=O)OCc2ccccc2)c1)NCC(=O)Oc1c(F)c(F)c(F)c(F)c1F. The normalized spacial score (nSPS) is 10.8. The van der Waals surface area contributed by atoms with E-state index < -0.39 is 59.4 Å². The van der Waals surface area contributed by atoms with E-state index in [4.69, 9.17) is 14.2 Å². The Morgan fingerprint density at radius 3 is 1.92 bits per heavy atom. The molecule has 0 aromatic heterocycles. The van der Waals surface area contributed by atoms with Crippen molar-refractivity contribution < 1.29 is 55.3 Å². The van der Waals surface area contributed by atoms with Crippen molar-refractivity contribution in [3.05, 3.63) is 131 Å². The third-order valence-electron chi connectivity index (χ3n) is 6.27. The van der Waals surface area contributed by atoms with Gasteiger partial charge in [-0.3, -0.25) is 4.79 Å². The summed E-state index contributed by atoms with van der Waals surface area (Å²) >= 11 is 0. The van der Waals surface area contributed by atoms with E-state index in [0.717, 1.165) is 17.2 Å². The minimum atomic E-state index is -2.41. The van der Waals surface area contributed by atoms with Crippen molar-refractivity contribution in [1.29, 1.82) is 0 Å². The quantitative estimate of drug-likeness (QED) is 0.0322. The van der Waals surface area contributed by atoms with Gasteiger partial charge >= 0.3 is 12.1 Å². The minimum Gasteiger partial charge on any atom is -0.488 e. The zero-order valence-corrected chi connectivity index (χ0v) is 24.9. The third kappa shape index (κ3) is 10.0. The fraction of sp³-hybridized carbons (Fsp3) is 0.147. The lowest BCUT2D eigenvalue weighted by molar-refractivity contribution is -0.135. The molecule has 4 aromatic carbocycles. The molecule has 0 aliphatic rings. The number of halogens is 5. The highest BCUT2D eigenvalue weighted by Gasteiger charge is 2.28. The average Bonchev–Trinajstić information content (AvgIpc) is 3.11. The van der Waals surface area contributed by atoms with Crippen LogP contribution in [0.3, 0.4) is 0 Å². The Balaban J connectivity index is 1.33. The highest BCUT2D eigenvalue weighted by Crippen LogP contribution is 2.30. The van der Waals surface area contributed by atoms with Crippen LogP contribution in [0.5, 0.6) is 17.2 Å². The van der Waals surface area contributed by atoms with E-state index in [1.807, 2.05) is 60.7 Å². The monoisotopic (exact) mass is 670 g/mol. The van der Waals surface area contributed by atoms with Gasteiger partial charge in [-0.1, -0.05) is 66.7 Å². The Morgan fingerprint density at radius 1 is 0.667 bits per heavy atom. The second kappa shape index (κ2) is 17.1. The molecule has 0 saturated carbocycles. The molecule has 2 N–H and O–H groups in total. The highest BCUT2D eigenvalue weighted by molar-refractivity contribution is 5.93. The lowest BCUT2D eigenvalue weighted by atomic mass is 10.2. The number of ether oxygens (including phenoxy) is 4. The van der Waals surface area contributed by atoms with Gasteiger partial charge in [0, 0.05) is 6.08 Å². The van der Waals surface area contributed by atoms with Crippen molar-refractivity contribution in [2.24, 2.45) is 0 Å². The van der Waals surface area contributed by atoms with E-state index in [9.17, 15) is 36.3 Å². The Bertz CT molecular complexity index is 1740. The van der Waals surface area contributed by atoms with Gasteiger partial charge in [-0.2, -0.15) is 8.78 Å². The second-order valence-electron chi connectivity index (χ2n) is 9.74. The van der Waals surface area contributed by atoms with Gasteiger partial charge in [0.25, 0.3) is 0 Å². The third-order valence-corrected chi connectivity index (χ3v) is 6.27. The lowest BCUT2D eigenvalue weighted by Crippen LogP contribution is -2.31. The largest absolute Gasteiger partial charge is 0.488 e. The van der Waals surface area contributed by atoms with E-state index in [1.54, 1.807) is 18.2 Å². The Morgan fingerprint density at radius 2 is 1.27 bits per heavy atom. The summed E-state index contributed by atoms with van der Waals surface area (Å²) in [7, 11) is 0. The second-order valence-corrected chi connectivity index (χ2v) is 9.74. The number of amides is 2. The number of benzene rings is 4. The number of nitrogens with one attached hydrogen (secondary N) is 2. The molecule has 4 rings (SSSR count). The topological polar surface area (TPSA) is 112 Å². The van der Waals surface area contributed by atoms with Crippen LogP contribution in [0.2, 0.25) is 0 Å². The molecular formula is C34H27F5N2O7. The van der Waals surface area contributed by atoms with Crippen molar-refractivity contribution in [2.75, 3.05) is 19.7 Å². The van der Waals surface area contributed by atoms with Gasteiger partial charge in [-0.15, -0.1) is 0 Å². The number of carbonyl (C=O) groups is 3. The van der Waals surface area contributed by atoms with E-state index in [-0.39, 0.29) is 32.1 Å². The van der Waals surface area contributed by atoms with Gasteiger partial charge in [-0.05, 0) is 34.9 Å². The Labute approximate surface area is 270 Å². The maximum Gasteiger partial charge on any atom is 0.407 e. The molecule has 9 nitrogen and oxygen atoms in total. The first-order valence-corrected chi connectivity index (χ1v) is 14.2. The van der Waals surface area contributed by atoms with Crippen LogP contribution in [0.25, 0.3) is 6.08 Å². The predicted octanol–water partition coefficient (Wildman–Crippen LogP) is 6.00. The van der Waals surface area contributed by atoms with E-state index in [0.29, 0.717) is 11.3 Å². The zero-order chi connectivity index (χ0) is 34.5. The molecule has 0 saturated heterocycles. The summed E-state index contributed by atoms with van der Waals surface area (Å²) < 4.78 is 88.5. The molecular weight excluding hydrogens is 643 g/mol. The van der Waals surface area contributed by atoms with E-state index in [2.05, 4.69) is 15.4 Å². The van der Waals surface area contributed by atoms with Crippen LogP contribution >= 0.6 is 0 Å². The molecule has 2 amide bonds. The van der Waals surface area contributed by atoms with Gasteiger partial charge in [0.1, 0.15) is 26.4 Å². The van der Waals surface area contributed by atoms with Crippen LogP contribution < -0.4 is 24.8 Å². The number of esters is 1. The summed E-state index contributed by atoms with van der Waals surface area (Å²) in [6.07, 6.45) is 1.72. The molecule has 0 fully saturated rings. The van der Waals surface area contributed by atoms with Gasteiger partial charge in [0.15, 0.2) is 11.5 Å². The molecule has 0 unspecified atom stereocenters. The molecule has 0 aliphatic carbocycles. The molecule has 4 aromatic rings. The summed E-state index contributed by atoms with van der Waals surface area (Å²) in [5.74, 6) is -15.2. The van der Waals surface area contributed by atoms with Gasteiger partial charge in [0.05, 0.1) is 6.54 Å². The number of rotatable bonds is 14. The first-order chi connectivity index (χ1) is 23.1. The van der Waals surface area contributed by atoms with E-state index in [1.165, 1.54) is 6.08 Å². The zero-order valence-electron chi connectivity index (χ0n) is 24.9. The summed E-state index contributed by atoms with van der Waals surface area (Å²) in [6.45, 7) is -0.514. The van der Waals surface area contributed by atoms with Gasteiger partial charge in [-0.25, -0.2) is 22.8 Å². The summed E-state index contributed by atoms with van der Waals surface area (Å²) in [6, 6.07) is 23.2.